The van der Waals surface area contributed by atoms with E-state index in [4.69, 9.17) is 5.26 Å². The first-order valence-corrected chi connectivity index (χ1v) is 4.86. The van der Waals surface area contributed by atoms with Crippen LogP contribution in [0.3, 0.4) is 0 Å². The molecule has 1 aromatic rings. The molecule has 80 valence electrons. The van der Waals surface area contributed by atoms with Gasteiger partial charge in [0.15, 0.2) is 0 Å². The van der Waals surface area contributed by atoms with E-state index in [9.17, 15) is 0 Å². The number of anilines is 1. The predicted octanol–water partition coefficient (Wildman–Crippen LogP) is 1.75. The highest BCUT2D eigenvalue weighted by atomic mass is 35.5. The topological polar surface area (TPSA) is 47.9 Å². The number of halogens is 1. The number of hydrogen-bond acceptors (Lipinski definition) is 3. The summed E-state index contributed by atoms with van der Waals surface area (Å²) in [4.78, 5) is 0. The summed E-state index contributed by atoms with van der Waals surface area (Å²) in [6.07, 6.45) is 1.15. The molecule has 1 heterocycles. The van der Waals surface area contributed by atoms with Gasteiger partial charge in [-0.15, -0.1) is 12.4 Å². The molecule has 1 fully saturated rings. The molecule has 3 nitrogen and oxygen atoms in total. The van der Waals surface area contributed by atoms with Crippen LogP contribution in [0.2, 0.25) is 0 Å². The van der Waals surface area contributed by atoms with Crippen molar-refractivity contribution >= 4 is 18.1 Å². The average molecular weight is 224 g/mol. The van der Waals surface area contributed by atoms with E-state index in [0.29, 0.717) is 11.6 Å². The lowest BCUT2D eigenvalue weighted by Gasteiger charge is -2.12. The molecule has 0 radical (unpaired) electrons. The normalized spacial score (nSPS) is 19.0. The van der Waals surface area contributed by atoms with E-state index in [2.05, 4.69) is 16.7 Å². The Balaban J connectivity index is 0.00000112. The van der Waals surface area contributed by atoms with Crippen LogP contribution < -0.4 is 10.6 Å². The van der Waals surface area contributed by atoms with E-state index in [-0.39, 0.29) is 12.4 Å². The molecule has 1 saturated heterocycles. The summed E-state index contributed by atoms with van der Waals surface area (Å²) in [5.74, 6) is 0. The maximum atomic E-state index is 8.73. The van der Waals surface area contributed by atoms with Crippen molar-refractivity contribution in [3.05, 3.63) is 29.8 Å². The van der Waals surface area contributed by atoms with Gasteiger partial charge in [0.25, 0.3) is 0 Å². The van der Waals surface area contributed by atoms with Gasteiger partial charge in [0, 0.05) is 18.3 Å². The van der Waals surface area contributed by atoms with Crippen molar-refractivity contribution in [2.45, 2.75) is 12.5 Å². The van der Waals surface area contributed by atoms with Gasteiger partial charge in [0.05, 0.1) is 11.6 Å². The number of rotatable bonds is 2. The van der Waals surface area contributed by atoms with E-state index in [0.717, 1.165) is 25.2 Å². The fourth-order valence-corrected chi connectivity index (χ4v) is 1.69. The van der Waals surface area contributed by atoms with Gasteiger partial charge in [-0.25, -0.2) is 0 Å². The van der Waals surface area contributed by atoms with Crippen molar-refractivity contribution in [1.82, 2.24) is 5.32 Å². The Morgan fingerprint density at radius 1 is 1.47 bits per heavy atom. The monoisotopic (exact) mass is 223 g/mol. The van der Waals surface area contributed by atoms with Crippen molar-refractivity contribution in [2.24, 2.45) is 0 Å². The fourth-order valence-electron chi connectivity index (χ4n) is 1.69. The maximum absolute atomic E-state index is 8.73. The fraction of sp³-hybridized carbons (Fsp3) is 0.364. The highest BCUT2D eigenvalue weighted by Gasteiger charge is 2.13. The molecule has 1 aliphatic heterocycles. The van der Waals surface area contributed by atoms with Gasteiger partial charge >= 0.3 is 0 Å². The third-order valence-corrected chi connectivity index (χ3v) is 2.42. The molecule has 0 spiro atoms. The summed E-state index contributed by atoms with van der Waals surface area (Å²) in [5.41, 5.74) is 1.75. The number of benzene rings is 1. The smallest absolute Gasteiger partial charge is 0.0992 e. The first-order chi connectivity index (χ1) is 6.88. The van der Waals surface area contributed by atoms with Crippen LogP contribution in [0.15, 0.2) is 24.3 Å². The number of nitrogens with one attached hydrogen (secondary N) is 2. The van der Waals surface area contributed by atoms with Crippen molar-refractivity contribution in [1.29, 1.82) is 5.26 Å². The van der Waals surface area contributed by atoms with Gasteiger partial charge in [-0.05, 0) is 31.2 Å². The number of nitrogens with zero attached hydrogens (tertiary/aromatic N) is 1. The van der Waals surface area contributed by atoms with Gasteiger partial charge in [-0.2, -0.15) is 5.26 Å². The molecule has 1 atom stereocenters. The van der Waals surface area contributed by atoms with Crippen LogP contribution in [0.25, 0.3) is 0 Å². The zero-order valence-electron chi connectivity index (χ0n) is 8.36. The predicted molar refractivity (Wildman–Crippen MR) is 63.3 cm³/mol. The molecule has 2 rings (SSSR count). The van der Waals surface area contributed by atoms with Crippen molar-refractivity contribution in [3.63, 3.8) is 0 Å². The van der Waals surface area contributed by atoms with E-state index >= 15 is 0 Å². The second-order valence-electron chi connectivity index (χ2n) is 3.53. The second kappa shape index (κ2) is 5.59. The molecule has 1 unspecified atom stereocenters. The zero-order chi connectivity index (χ0) is 9.80. The van der Waals surface area contributed by atoms with E-state index < -0.39 is 0 Å². The van der Waals surface area contributed by atoms with Gasteiger partial charge in [0.2, 0.25) is 0 Å². The Morgan fingerprint density at radius 3 is 3.00 bits per heavy atom. The van der Waals surface area contributed by atoms with Crippen LogP contribution in [0.4, 0.5) is 5.69 Å². The first-order valence-electron chi connectivity index (χ1n) is 4.86. The molecular weight excluding hydrogens is 210 g/mol. The molecule has 2 N–H and O–H groups in total. The molecule has 4 heteroatoms. The molecule has 0 amide bonds. The first kappa shape index (κ1) is 11.8. The van der Waals surface area contributed by atoms with Crippen LogP contribution in [0.1, 0.15) is 12.0 Å². The minimum atomic E-state index is 0. The largest absolute Gasteiger partial charge is 0.381 e. The second-order valence-corrected chi connectivity index (χ2v) is 3.53. The molecule has 15 heavy (non-hydrogen) atoms. The quantitative estimate of drug-likeness (QED) is 0.803. The summed E-state index contributed by atoms with van der Waals surface area (Å²) in [6.45, 7) is 2.09. The molecule has 1 aromatic carbocycles. The summed E-state index contributed by atoms with van der Waals surface area (Å²) in [6, 6.07) is 10.3. The molecule has 1 aliphatic rings. The molecule has 0 bridgehead atoms. The molecule has 0 aromatic heterocycles. The Kier molecular flexibility index (Phi) is 4.41. The van der Waals surface area contributed by atoms with Crippen LogP contribution >= 0.6 is 12.4 Å². The summed E-state index contributed by atoms with van der Waals surface area (Å²) in [5, 5.41) is 15.4. The standard InChI is InChI=1S/C11H13N3.ClH/c12-7-9-2-1-3-10(6-9)14-11-4-5-13-8-11;/h1-3,6,11,13-14H,4-5,8H2;1H. The lowest BCUT2D eigenvalue weighted by atomic mass is 10.2. The average Bonchev–Trinajstić information content (AvgIpc) is 2.71. The summed E-state index contributed by atoms with van der Waals surface area (Å²) >= 11 is 0. The highest BCUT2D eigenvalue weighted by molar-refractivity contribution is 5.85. The molecule has 0 aliphatic carbocycles. The maximum Gasteiger partial charge on any atom is 0.0992 e. The van der Waals surface area contributed by atoms with Gasteiger partial charge < -0.3 is 10.6 Å². The van der Waals surface area contributed by atoms with Gasteiger partial charge in [0.1, 0.15) is 0 Å². The van der Waals surface area contributed by atoms with Crippen molar-refractivity contribution < 1.29 is 0 Å². The van der Waals surface area contributed by atoms with Crippen LogP contribution in [-0.2, 0) is 0 Å². The minimum Gasteiger partial charge on any atom is -0.381 e. The zero-order valence-corrected chi connectivity index (χ0v) is 9.18. The van der Waals surface area contributed by atoms with Crippen molar-refractivity contribution in [2.75, 3.05) is 18.4 Å². The molecular formula is C11H14ClN3. The Bertz CT molecular complexity index is 353. The molecule has 0 saturated carbocycles. The Labute approximate surface area is 95.9 Å². The van der Waals surface area contributed by atoms with Crippen LogP contribution in [0.5, 0.6) is 0 Å². The van der Waals surface area contributed by atoms with Crippen LogP contribution in [-0.4, -0.2) is 19.1 Å². The van der Waals surface area contributed by atoms with Gasteiger partial charge in [-0.3, -0.25) is 0 Å². The minimum absolute atomic E-state index is 0. The Hall–Kier alpha value is -1.24. The summed E-state index contributed by atoms with van der Waals surface area (Å²) in [7, 11) is 0. The number of nitriles is 1. The SMILES string of the molecule is Cl.N#Cc1cccc(NC2CCNC2)c1. The van der Waals surface area contributed by atoms with Crippen LogP contribution in [0, 0.1) is 11.3 Å². The van der Waals surface area contributed by atoms with Crippen molar-refractivity contribution in [3.8, 4) is 6.07 Å². The Morgan fingerprint density at radius 2 is 2.33 bits per heavy atom. The number of hydrogen-bond donors (Lipinski definition) is 2. The third-order valence-electron chi connectivity index (χ3n) is 2.42. The lowest BCUT2D eigenvalue weighted by Crippen LogP contribution is -2.21. The highest BCUT2D eigenvalue weighted by Crippen LogP contribution is 2.13. The van der Waals surface area contributed by atoms with E-state index in [1.165, 1.54) is 0 Å². The van der Waals surface area contributed by atoms with E-state index in [1.54, 1.807) is 0 Å². The third kappa shape index (κ3) is 3.12. The van der Waals surface area contributed by atoms with Gasteiger partial charge in [-0.1, -0.05) is 6.07 Å². The lowest BCUT2D eigenvalue weighted by molar-refractivity contribution is 0.793. The summed E-state index contributed by atoms with van der Waals surface area (Å²) < 4.78 is 0. The van der Waals surface area contributed by atoms with E-state index in [1.807, 2.05) is 24.3 Å².